The highest BCUT2D eigenvalue weighted by Gasteiger charge is 2.46. The van der Waals surface area contributed by atoms with Crippen LogP contribution in [-0.2, 0) is 19.1 Å². The summed E-state index contributed by atoms with van der Waals surface area (Å²) in [6.45, 7) is 10.1. The number of rotatable bonds is 4. The lowest BCUT2D eigenvalue weighted by Gasteiger charge is -2.42. The zero-order valence-corrected chi connectivity index (χ0v) is 12.4. The number of ether oxygens (including phenoxy) is 2. The molecule has 0 aliphatic carbocycles. The zero-order chi connectivity index (χ0) is 14.6. The van der Waals surface area contributed by atoms with E-state index in [9.17, 15) is 9.59 Å². The first-order valence-corrected chi connectivity index (χ1v) is 7.03. The molecular formula is C14H25NO4. The number of nitrogens with one attached hydrogen (secondary N) is 1. The van der Waals surface area contributed by atoms with E-state index in [4.69, 9.17) is 9.47 Å². The fourth-order valence-electron chi connectivity index (χ4n) is 3.07. The highest BCUT2D eigenvalue weighted by molar-refractivity contribution is 5.78. The van der Waals surface area contributed by atoms with E-state index >= 15 is 0 Å². The molecule has 0 spiro atoms. The number of esters is 2. The van der Waals surface area contributed by atoms with Crippen molar-refractivity contribution in [3.63, 3.8) is 0 Å². The second-order valence-electron chi connectivity index (χ2n) is 5.16. The van der Waals surface area contributed by atoms with Crippen molar-refractivity contribution in [3.05, 3.63) is 0 Å². The molecule has 5 atom stereocenters. The molecule has 1 heterocycles. The normalized spacial score (nSPS) is 34.7. The van der Waals surface area contributed by atoms with Gasteiger partial charge >= 0.3 is 11.9 Å². The zero-order valence-electron chi connectivity index (χ0n) is 12.4. The van der Waals surface area contributed by atoms with Gasteiger partial charge in [-0.05, 0) is 33.6 Å². The summed E-state index contributed by atoms with van der Waals surface area (Å²) >= 11 is 0. The van der Waals surface area contributed by atoms with Crippen molar-refractivity contribution in [2.45, 2.75) is 46.7 Å². The van der Waals surface area contributed by atoms with Crippen LogP contribution in [0.2, 0.25) is 0 Å². The Morgan fingerprint density at radius 3 is 1.58 bits per heavy atom. The van der Waals surface area contributed by atoms with E-state index in [0.717, 1.165) is 0 Å². The number of carbonyl (C=O) groups is 2. The van der Waals surface area contributed by atoms with Gasteiger partial charge in [0.2, 0.25) is 0 Å². The van der Waals surface area contributed by atoms with Crippen LogP contribution in [0.5, 0.6) is 0 Å². The Hall–Kier alpha value is -1.10. The van der Waals surface area contributed by atoms with Crippen LogP contribution in [0.15, 0.2) is 0 Å². The molecule has 0 aromatic carbocycles. The molecule has 1 N–H and O–H groups in total. The van der Waals surface area contributed by atoms with Gasteiger partial charge in [-0.25, -0.2) is 0 Å². The van der Waals surface area contributed by atoms with Crippen LogP contribution in [0.3, 0.4) is 0 Å². The molecular weight excluding hydrogens is 246 g/mol. The Morgan fingerprint density at radius 1 is 0.895 bits per heavy atom. The highest BCUT2D eigenvalue weighted by atomic mass is 16.5. The van der Waals surface area contributed by atoms with E-state index in [1.807, 2.05) is 20.8 Å². The van der Waals surface area contributed by atoms with Gasteiger partial charge in [-0.15, -0.1) is 0 Å². The Balaban J connectivity index is 2.89. The van der Waals surface area contributed by atoms with Gasteiger partial charge in [0, 0.05) is 12.1 Å². The second-order valence-corrected chi connectivity index (χ2v) is 5.16. The summed E-state index contributed by atoms with van der Waals surface area (Å²) in [4.78, 5) is 24.1. The van der Waals surface area contributed by atoms with E-state index in [1.54, 1.807) is 13.8 Å². The molecule has 1 fully saturated rings. The van der Waals surface area contributed by atoms with Crippen LogP contribution in [-0.4, -0.2) is 37.2 Å². The molecule has 0 amide bonds. The SMILES string of the molecule is CCOC(=O)[C@@H]1C(C)[C@H](C(=O)OCC)[C@H](C)N[C@@H]1C. The predicted molar refractivity (Wildman–Crippen MR) is 71.5 cm³/mol. The lowest BCUT2D eigenvalue weighted by atomic mass is 9.72. The molecule has 0 saturated carbocycles. The van der Waals surface area contributed by atoms with Gasteiger partial charge in [0.05, 0.1) is 25.0 Å². The summed E-state index contributed by atoms with van der Waals surface area (Å²) < 4.78 is 10.2. The minimum atomic E-state index is -0.314. The first-order chi connectivity index (χ1) is 8.93. The standard InChI is InChI=1S/C14H25NO4/c1-6-18-13(16)11-8(3)12(14(17)19-7-2)10(5)15-9(11)4/h8-12,15H,6-7H2,1-5H3/t8?,9-,10+,11-,12+. The van der Waals surface area contributed by atoms with Crippen LogP contribution in [0.25, 0.3) is 0 Å². The van der Waals surface area contributed by atoms with Crippen LogP contribution in [0, 0.1) is 17.8 Å². The first-order valence-electron chi connectivity index (χ1n) is 7.03. The summed E-state index contributed by atoms with van der Waals surface area (Å²) in [7, 11) is 0. The predicted octanol–water partition coefficient (Wildman–Crippen LogP) is 1.36. The summed E-state index contributed by atoms with van der Waals surface area (Å²) in [5.41, 5.74) is 0. The summed E-state index contributed by atoms with van der Waals surface area (Å²) in [6, 6.07) is -0.00977. The third kappa shape index (κ3) is 3.47. The molecule has 1 saturated heterocycles. The van der Waals surface area contributed by atoms with E-state index in [1.165, 1.54) is 0 Å². The fourth-order valence-corrected chi connectivity index (χ4v) is 3.07. The molecule has 110 valence electrons. The van der Waals surface area contributed by atoms with Gasteiger partial charge in [-0.2, -0.15) is 0 Å². The van der Waals surface area contributed by atoms with Gasteiger partial charge in [0.1, 0.15) is 0 Å². The van der Waals surface area contributed by atoms with Crippen molar-refractivity contribution in [2.24, 2.45) is 17.8 Å². The van der Waals surface area contributed by atoms with Crippen molar-refractivity contribution in [3.8, 4) is 0 Å². The second kappa shape index (κ2) is 6.89. The highest BCUT2D eigenvalue weighted by Crippen LogP contribution is 2.33. The van der Waals surface area contributed by atoms with Crippen LogP contribution in [0.4, 0.5) is 0 Å². The van der Waals surface area contributed by atoms with Crippen molar-refractivity contribution in [1.82, 2.24) is 5.32 Å². The number of hydrogen-bond donors (Lipinski definition) is 1. The van der Waals surface area contributed by atoms with Gasteiger partial charge in [0.15, 0.2) is 0 Å². The quantitative estimate of drug-likeness (QED) is 0.782. The minimum Gasteiger partial charge on any atom is -0.466 e. The molecule has 0 radical (unpaired) electrons. The summed E-state index contributed by atoms with van der Waals surface area (Å²) in [6.07, 6.45) is 0. The molecule has 0 bridgehead atoms. The van der Waals surface area contributed by atoms with Crippen LogP contribution in [0.1, 0.15) is 34.6 Å². The molecule has 1 unspecified atom stereocenters. The third-order valence-corrected chi connectivity index (χ3v) is 3.85. The van der Waals surface area contributed by atoms with Crippen molar-refractivity contribution in [1.29, 1.82) is 0 Å². The Bertz CT molecular complexity index is 301. The third-order valence-electron chi connectivity index (χ3n) is 3.85. The molecule has 1 aliphatic rings. The first kappa shape index (κ1) is 16.0. The smallest absolute Gasteiger partial charge is 0.310 e. The average Bonchev–Trinajstić information content (AvgIpc) is 2.28. The van der Waals surface area contributed by atoms with Crippen molar-refractivity contribution in [2.75, 3.05) is 13.2 Å². The van der Waals surface area contributed by atoms with E-state index in [-0.39, 0.29) is 41.8 Å². The minimum absolute atomic E-state index is 0.00488. The monoisotopic (exact) mass is 271 g/mol. The van der Waals surface area contributed by atoms with E-state index < -0.39 is 0 Å². The van der Waals surface area contributed by atoms with Gasteiger partial charge < -0.3 is 14.8 Å². The van der Waals surface area contributed by atoms with E-state index in [2.05, 4.69) is 5.32 Å². The number of hydrogen-bond acceptors (Lipinski definition) is 5. The van der Waals surface area contributed by atoms with Gasteiger partial charge in [-0.3, -0.25) is 9.59 Å². The van der Waals surface area contributed by atoms with Crippen LogP contribution < -0.4 is 5.32 Å². The fraction of sp³-hybridized carbons (Fsp3) is 0.857. The van der Waals surface area contributed by atoms with Gasteiger partial charge in [0.25, 0.3) is 0 Å². The summed E-state index contributed by atoms with van der Waals surface area (Å²) in [5.74, 6) is -1.20. The molecule has 0 aromatic heterocycles. The topological polar surface area (TPSA) is 64.6 Å². The average molecular weight is 271 g/mol. The summed E-state index contributed by atoms with van der Waals surface area (Å²) in [5, 5.41) is 3.29. The number of piperidine rings is 1. The largest absolute Gasteiger partial charge is 0.466 e. The molecule has 5 nitrogen and oxygen atoms in total. The Morgan fingerprint density at radius 2 is 1.26 bits per heavy atom. The maximum atomic E-state index is 12.0. The molecule has 19 heavy (non-hydrogen) atoms. The maximum Gasteiger partial charge on any atom is 0.310 e. The molecule has 5 heteroatoms. The van der Waals surface area contributed by atoms with Crippen molar-refractivity contribution >= 4 is 11.9 Å². The molecule has 1 rings (SSSR count). The Labute approximate surface area is 115 Å². The lowest BCUT2D eigenvalue weighted by molar-refractivity contribution is -0.160. The van der Waals surface area contributed by atoms with Crippen molar-refractivity contribution < 1.29 is 19.1 Å². The van der Waals surface area contributed by atoms with Gasteiger partial charge in [-0.1, -0.05) is 6.92 Å². The number of carbonyl (C=O) groups excluding carboxylic acids is 2. The molecule has 1 aliphatic heterocycles. The molecule has 0 aromatic rings. The van der Waals surface area contributed by atoms with Crippen LogP contribution >= 0.6 is 0 Å². The Kier molecular flexibility index (Phi) is 5.79. The maximum absolute atomic E-state index is 12.0. The van der Waals surface area contributed by atoms with E-state index in [0.29, 0.717) is 13.2 Å². The lowest BCUT2D eigenvalue weighted by Crippen LogP contribution is -2.58.